The molecule has 33 heavy (non-hydrogen) atoms. The smallest absolute Gasteiger partial charge is 0.222 e. The third-order valence-electron chi connectivity index (χ3n) is 9.62. The summed E-state index contributed by atoms with van der Waals surface area (Å²) >= 11 is 0. The Kier molecular flexibility index (Phi) is 5.01. The normalized spacial score (nSPS) is 36.3. The fourth-order valence-electron chi connectivity index (χ4n) is 7.74. The van der Waals surface area contributed by atoms with Gasteiger partial charge in [-0.05, 0) is 69.0 Å². The highest BCUT2D eigenvalue weighted by Gasteiger charge is 2.73. The maximum absolute atomic E-state index is 13.1. The molecule has 2 aliphatic heterocycles. The van der Waals surface area contributed by atoms with E-state index >= 15 is 0 Å². The Hall–Kier alpha value is -1.79. The number of aliphatic hydroxyl groups is 1. The first-order chi connectivity index (χ1) is 15.9. The summed E-state index contributed by atoms with van der Waals surface area (Å²) in [7, 11) is 1.91. The minimum Gasteiger partial charge on any atom is -0.504 e. The standard InChI is InChI=1S/C27H38N2O4/c1-3-4-5-6-22(31)28(2)19-11-12-27(32)21-15-18-9-10-20(30)24-23(18)26(27,25(19)33-24)13-14-29(21)16-17-7-8-17/h9-10,17,19,21,25,30,32H,3-8,11-16H2,1-2H3/t19-,21+,25+,26+,27-/m1/s1. The van der Waals surface area contributed by atoms with E-state index in [1.165, 1.54) is 18.4 Å². The number of benzene rings is 1. The van der Waals surface area contributed by atoms with Crippen molar-refractivity contribution in [3.63, 3.8) is 0 Å². The number of nitrogens with zero attached hydrogens (tertiary/aromatic N) is 2. The summed E-state index contributed by atoms with van der Waals surface area (Å²) in [5.74, 6) is 1.66. The zero-order chi connectivity index (χ0) is 23.0. The minimum atomic E-state index is -0.889. The Morgan fingerprint density at radius 3 is 2.82 bits per heavy atom. The monoisotopic (exact) mass is 454 g/mol. The van der Waals surface area contributed by atoms with Gasteiger partial charge in [-0.2, -0.15) is 0 Å². The average Bonchev–Trinajstić information content (AvgIpc) is 3.54. The number of hydrogen-bond donors (Lipinski definition) is 2. The second-order valence-corrected chi connectivity index (χ2v) is 11.4. The number of likely N-dealkylation sites (tertiary alicyclic amines) is 1. The number of carbonyl (C=O) groups is 1. The van der Waals surface area contributed by atoms with Crippen molar-refractivity contribution < 1.29 is 19.7 Å². The molecule has 5 aliphatic rings. The van der Waals surface area contributed by atoms with Crippen LogP contribution in [-0.4, -0.2) is 69.8 Å². The maximum atomic E-state index is 13.1. The molecule has 2 saturated carbocycles. The SMILES string of the molecule is CCCCCC(=O)N(C)[C@@H]1CC[C@@]2(O)[C@@H]3Cc4ccc(O)c5c4[C@@]2(CCN3CC2CC2)[C@H]1O5. The summed E-state index contributed by atoms with van der Waals surface area (Å²) in [4.78, 5) is 17.5. The molecule has 6 nitrogen and oxygen atoms in total. The van der Waals surface area contributed by atoms with Crippen molar-refractivity contribution in [2.75, 3.05) is 20.1 Å². The van der Waals surface area contributed by atoms with Gasteiger partial charge in [0.15, 0.2) is 11.5 Å². The largest absolute Gasteiger partial charge is 0.504 e. The predicted molar refractivity (Wildman–Crippen MR) is 125 cm³/mol. The number of piperidine rings is 1. The highest BCUT2D eigenvalue weighted by molar-refractivity contribution is 5.76. The lowest BCUT2D eigenvalue weighted by molar-refractivity contribution is -0.200. The number of unbranched alkanes of at least 4 members (excludes halogenated alkanes) is 2. The van der Waals surface area contributed by atoms with Crippen LogP contribution < -0.4 is 4.74 Å². The Morgan fingerprint density at radius 1 is 1.24 bits per heavy atom. The molecule has 2 heterocycles. The van der Waals surface area contributed by atoms with E-state index in [0.29, 0.717) is 18.6 Å². The first kappa shape index (κ1) is 21.7. The van der Waals surface area contributed by atoms with Gasteiger partial charge < -0.3 is 19.8 Å². The zero-order valence-corrected chi connectivity index (χ0v) is 20.1. The molecule has 1 amide bonds. The minimum absolute atomic E-state index is 0.0763. The molecule has 6 heteroatoms. The molecule has 2 N–H and O–H groups in total. The summed E-state index contributed by atoms with van der Waals surface area (Å²) in [5, 5.41) is 23.3. The van der Waals surface area contributed by atoms with Gasteiger partial charge in [-0.1, -0.05) is 25.8 Å². The van der Waals surface area contributed by atoms with Crippen LogP contribution in [0.15, 0.2) is 12.1 Å². The Bertz CT molecular complexity index is 962. The van der Waals surface area contributed by atoms with E-state index in [9.17, 15) is 15.0 Å². The lowest BCUT2D eigenvalue weighted by Gasteiger charge is -2.64. The molecule has 3 fully saturated rings. The number of phenols is 1. The lowest BCUT2D eigenvalue weighted by Crippen LogP contribution is -2.78. The molecule has 3 aliphatic carbocycles. The second kappa shape index (κ2) is 7.61. The van der Waals surface area contributed by atoms with Gasteiger partial charge in [0.25, 0.3) is 0 Å². The Balaban J connectivity index is 1.39. The van der Waals surface area contributed by atoms with Crippen LogP contribution in [0, 0.1) is 5.92 Å². The van der Waals surface area contributed by atoms with Crippen LogP contribution in [0.25, 0.3) is 0 Å². The van der Waals surface area contributed by atoms with Gasteiger partial charge in [-0.15, -0.1) is 0 Å². The predicted octanol–water partition coefficient (Wildman–Crippen LogP) is 3.36. The molecule has 2 bridgehead atoms. The van der Waals surface area contributed by atoms with E-state index in [4.69, 9.17) is 4.74 Å². The van der Waals surface area contributed by atoms with Gasteiger partial charge in [0, 0.05) is 31.6 Å². The molecule has 1 aromatic carbocycles. The summed E-state index contributed by atoms with van der Waals surface area (Å²) in [5.41, 5.74) is 0.798. The summed E-state index contributed by atoms with van der Waals surface area (Å²) in [6, 6.07) is 3.78. The number of aromatic hydroxyl groups is 1. The molecule has 0 radical (unpaired) electrons. The third kappa shape index (κ3) is 2.95. The van der Waals surface area contributed by atoms with E-state index in [1.807, 2.05) is 18.0 Å². The van der Waals surface area contributed by atoms with Crippen LogP contribution in [0.4, 0.5) is 0 Å². The Labute approximate surface area is 196 Å². The summed E-state index contributed by atoms with van der Waals surface area (Å²) in [6.07, 6.45) is 8.96. The second-order valence-electron chi connectivity index (χ2n) is 11.4. The van der Waals surface area contributed by atoms with E-state index < -0.39 is 11.0 Å². The van der Waals surface area contributed by atoms with E-state index in [-0.39, 0.29) is 29.8 Å². The number of hydrogen-bond acceptors (Lipinski definition) is 5. The number of phenolic OH excluding ortho intramolecular Hbond substituents is 1. The van der Waals surface area contributed by atoms with Crippen molar-refractivity contribution in [3.8, 4) is 11.5 Å². The van der Waals surface area contributed by atoms with Gasteiger partial charge in [0.1, 0.15) is 6.10 Å². The van der Waals surface area contributed by atoms with Gasteiger partial charge >= 0.3 is 0 Å². The molecular weight excluding hydrogens is 416 g/mol. The first-order valence-corrected chi connectivity index (χ1v) is 13.1. The number of carbonyl (C=O) groups excluding carboxylic acids is 1. The molecule has 1 aromatic rings. The lowest BCUT2D eigenvalue weighted by atomic mass is 9.48. The fraction of sp³-hybridized carbons (Fsp3) is 0.741. The van der Waals surface area contributed by atoms with Crippen molar-refractivity contribution >= 4 is 5.91 Å². The van der Waals surface area contributed by atoms with Crippen LogP contribution in [0.5, 0.6) is 11.5 Å². The molecule has 180 valence electrons. The maximum Gasteiger partial charge on any atom is 0.222 e. The van der Waals surface area contributed by atoms with Gasteiger partial charge in [0.05, 0.1) is 17.1 Å². The first-order valence-electron chi connectivity index (χ1n) is 13.1. The molecule has 5 atom stereocenters. The van der Waals surface area contributed by atoms with E-state index in [1.54, 1.807) is 6.07 Å². The molecular formula is C27H38N2O4. The van der Waals surface area contributed by atoms with E-state index in [2.05, 4.69) is 11.8 Å². The van der Waals surface area contributed by atoms with Crippen LogP contribution in [0.1, 0.15) is 75.8 Å². The molecule has 1 spiro atoms. The quantitative estimate of drug-likeness (QED) is 0.618. The van der Waals surface area contributed by atoms with Crippen LogP contribution in [-0.2, 0) is 16.6 Å². The number of likely N-dealkylation sites (N-methyl/N-ethyl adjacent to an activating group) is 1. The molecule has 6 rings (SSSR count). The fourth-order valence-corrected chi connectivity index (χ4v) is 7.74. The highest BCUT2D eigenvalue weighted by atomic mass is 16.5. The van der Waals surface area contributed by atoms with Crippen LogP contribution in [0.2, 0.25) is 0 Å². The molecule has 0 aromatic heterocycles. The van der Waals surface area contributed by atoms with Crippen LogP contribution >= 0.6 is 0 Å². The number of amides is 1. The van der Waals surface area contributed by atoms with E-state index in [0.717, 1.165) is 63.1 Å². The molecule has 0 unspecified atom stereocenters. The van der Waals surface area contributed by atoms with Crippen molar-refractivity contribution in [2.24, 2.45) is 5.92 Å². The number of ether oxygens (including phenoxy) is 1. The van der Waals surface area contributed by atoms with Gasteiger partial charge in [0.2, 0.25) is 5.91 Å². The third-order valence-corrected chi connectivity index (χ3v) is 9.62. The van der Waals surface area contributed by atoms with Crippen LogP contribution in [0.3, 0.4) is 0 Å². The highest BCUT2D eigenvalue weighted by Crippen LogP contribution is 2.66. The molecule has 1 saturated heterocycles. The number of rotatable bonds is 7. The van der Waals surface area contributed by atoms with Crippen molar-refractivity contribution in [3.05, 3.63) is 23.3 Å². The summed E-state index contributed by atoms with van der Waals surface area (Å²) < 4.78 is 6.59. The Morgan fingerprint density at radius 2 is 2.06 bits per heavy atom. The van der Waals surface area contributed by atoms with Crippen molar-refractivity contribution in [2.45, 2.75) is 100 Å². The summed E-state index contributed by atoms with van der Waals surface area (Å²) in [6.45, 7) is 4.17. The van der Waals surface area contributed by atoms with Crippen molar-refractivity contribution in [1.82, 2.24) is 9.80 Å². The van der Waals surface area contributed by atoms with Crippen molar-refractivity contribution in [1.29, 1.82) is 0 Å². The topological polar surface area (TPSA) is 73.2 Å². The van der Waals surface area contributed by atoms with Gasteiger partial charge in [-0.3, -0.25) is 9.69 Å². The average molecular weight is 455 g/mol. The van der Waals surface area contributed by atoms with Gasteiger partial charge in [-0.25, -0.2) is 0 Å². The zero-order valence-electron chi connectivity index (χ0n) is 20.1.